The summed E-state index contributed by atoms with van der Waals surface area (Å²) in [6, 6.07) is 45.5. The van der Waals surface area contributed by atoms with Gasteiger partial charge in [-0.3, -0.25) is 0 Å². The summed E-state index contributed by atoms with van der Waals surface area (Å²) in [5.74, 6) is 0.203. The van der Waals surface area contributed by atoms with Crippen LogP contribution in [0.4, 0.5) is 0 Å². The second-order valence-electron chi connectivity index (χ2n) is 15.3. The number of hydrogen-bond acceptors (Lipinski definition) is 2. The summed E-state index contributed by atoms with van der Waals surface area (Å²) in [4.78, 5) is 11.1. The third-order valence-electron chi connectivity index (χ3n) is 11.6. The van der Waals surface area contributed by atoms with Crippen molar-refractivity contribution in [3.05, 3.63) is 213 Å². The second kappa shape index (κ2) is 14.6. The van der Waals surface area contributed by atoms with E-state index in [-0.39, 0.29) is 64.9 Å². The molecule has 9 rings (SSSR count). The van der Waals surface area contributed by atoms with E-state index in [2.05, 4.69) is 184 Å². The molecule has 0 fully saturated rings. The first-order valence-electron chi connectivity index (χ1n) is 18.8. The minimum atomic E-state index is 0. The van der Waals surface area contributed by atoms with Gasteiger partial charge in [0.2, 0.25) is 0 Å². The predicted octanol–water partition coefficient (Wildman–Crippen LogP) is 8.87. The van der Waals surface area contributed by atoms with E-state index < -0.39 is 0 Å². The van der Waals surface area contributed by atoms with Gasteiger partial charge in [0.15, 0.2) is 0 Å². The number of nitrogens with one attached hydrogen (secondary N) is 2. The first-order valence-corrected chi connectivity index (χ1v) is 18.8. The number of rotatable bonds is 4. The summed E-state index contributed by atoms with van der Waals surface area (Å²) >= 11 is 0. The minimum Gasteiger partial charge on any atom is -0.664 e. The molecule has 0 aliphatic carbocycles. The van der Waals surface area contributed by atoms with Crippen molar-refractivity contribution in [3.8, 4) is 0 Å². The maximum absolute atomic E-state index is 5.56. The van der Waals surface area contributed by atoms with Gasteiger partial charge >= 0.3 is 17.1 Å². The van der Waals surface area contributed by atoms with E-state index in [0.717, 1.165) is 22.8 Å². The molecule has 4 nitrogen and oxygen atoms in total. The van der Waals surface area contributed by atoms with Crippen molar-refractivity contribution in [1.82, 2.24) is 20.6 Å². The topological polar surface area (TPSA) is 52.3 Å². The Bertz CT molecular complexity index is 1910. The van der Waals surface area contributed by atoms with E-state index in [4.69, 9.17) is 9.97 Å². The van der Waals surface area contributed by atoms with Crippen molar-refractivity contribution in [2.24, 2.45) is 0 Å². The Balaban J connectivity index is 0.00000400. The third kappa shape index (κ3) is 6.84. The molecule has 53 heavy (non-hydrogen) atoms. The van der Waals surface area contributed by atoms with Crippen LogP contribution in [0.1, 0.15) is 91.0 Å². The predicted molar refractivity (Wildman–Crippen MR) is 211 cm³/mol. The Kier molecular flexibility index (Phi) is 9.78. The molecule has 5 heterocycles. The van der Waals surface area contributed by atoms with Crippen LogP contribution in [-0.4, -0.2) is 24.2 Å². The molecule has 3 aliphatic heterocycles. The van der Waals surface area contributed by atoms with Gasteiger partial charge in [-0.05, 0) is 49.9 Å². The number of benzene rings is 4. The second-order valence-corrected chi connectivity index (χ2v) is 15.3. The average molecular weight is 742 g/mol. The van der Waals surface area contributed by atoms with Gasteiger partial charge in [-0.2, -0.15) is 22.8 Å². The quantitative estimate of drug-likeness (QED) is 0.140. The van der Waals surface area contributed by atoms with E-state index in [9.17, 15) is 0 Å². The van der Waals surface area contributed by atoms with Gasteiger partial charge in [-0.1, -0.05) is 168 Å². The van der Waals surface area contributed by atoms with Crippen molar-refractivity contribution in [2.75, 3.05) is 0 Å². The van der Waals surface area contributed by atoms with Crippen molar-refractivity contribution in [1.29, 1.82) is 0 Å². The maximum Gasteiger partial charge on any atom is 2.00 e. The monoisotopic (exact) mass is 741 g/mol. The van der Waals surface area contributed by atoms with E-state index in [1.807, 2.05) is 0 Å². The van der Waals surface area contributed by atoms with Crippen LogP contribution in [0.5, 0.6) is 0 Å². The molecule has 0 saturated heterocycles. The van der Waals surface area contributed by atoms with Gasteiger partial charge in [0.05, 0.1) is 0 Å². The number of hydrogen-bond donors (Lipinski definition) is 2. The zero-order valence-corrected chi connectivity index (χ0v) is 31.6. The zero-order chi connectivity index (χ0) is 35.3. The van der Waals surface area contributed by atoms with Gasteiger partial charge < -0.3 is 20.6 Å². The zero-order valence-electron chi connectivity index (χ0n) is 30.7. The van der Waals surface area contributed by atoms with Crippen LogP contribution in [0.15, 0.2) is 146 Å². The Morgan fingerprint density at radius 3 is 0.736 bits per heavy atom. The van der Waals surface area contributed by atoms with Gasteiger partial charge in [-0.15, -0.1) is 0 Å². The molecule has 1 radical (unpaired) electrons. The van der Waals surface area contributed by atoms with E-state index in [1.165, 1.54) is 44.5 Å². The van der Waals surface area contributed by atoms with Crippen molar-refractivity contribution >= 4 is 0 Å². The molecule has 2 aromatic heterocycles. The number of fused-ring (bicyclic) bond motifs is 8. The van der Waals surface area contributed by atoms with Crippen LogP contribution in [-0.2, 0) is 17.1 Å². The Labute approximate surface area is 324 Å². The molecule has 6 aromatic rings. The van der Waals surface area contributed by atoms with Gasteiger partial charge in [0, 0.05) is 47.8 Å². The van der Waals surface area contributed by atoms with Crippen LogP contribution < -0.4 is 20.6 Å². The number of nitrogens with zero attached hydrogens (tertiary/aromatic N) is 2. The molecular weight excluding hydrogens is 696 g/mol. The summed E-state index contributed by atoms with van der Waals surface area (Å²) in [5.41, 5.74) is 14.5. The summed E-state index contributed by atoms with van der Waals surface area (Å²) < 4.78 is 0. The van der Waals surface area contributed by atoms with Crippen LogP contribution in [0.25, 0.3) is 0 Å². The molecule has 3 aliphatic rings. The molecule has 0 amide bonds. The molecule has 4 aromatic carbocycles. The largest absolute Gasteiger partial charge is 2.00 e. The molecular formula is C48H46CuN4. The fraction of sp³-hybridized carbons (Fsp3) is 0.250. The minimum absolute atomic E-state index is 0. The standard InChI is InChI=1S/C48H46N4.Cu/c1-29-5-13-33(14-6-29)45-37-21-23-39(49-37)46(34-15-7-30(2)8-16-34)41-25-27-43(51-41)48(36-19-11-32(4)12-20-36)44-28-26-42(52-44)47(40-24-22-38(45)50-40)35-17-9-31(3)10-18-35;/h5-28,37,39,42,44-49,52H,1-4H3;/q-2;+2. The molecule has 8 bridgehead atoms. The third-order valence-corrected chi connectivity index (χ3v) is 11.6. The van der Waals surface area contributed by atoms with Crippen LogP contribution in [0.2, 0.25) is 0 Å². The molecule has 2 N–H and O–H groups in total. The normalized spacial score (nSPS) is 26.0. The molecule has 269 valence electrons. The Morgan fingerprint density at radius 1 is 0.321 bits per heavy atom. The van der Waals surface area contributed by atoms with Gasteiger partial charge in [-0.25, -0.2) is 0 Å². The summed E-state index contributed by atoms with van der Waals surface area (Å²) in [5, 5.41) is 8.22. The molecule has 8 atom stereocenters. The fourth-order valence-electron chi connectivity index (χ4n) is 8.80. The van der Waals surface area contributed by atoms with Crippen LogP contribution in [0, 0.1) is 27.7 Å². The van der Waals surface area contributed by atoms with Crippen molar-refractivity contribution in [2.45, 2.75) is 75.5 Å². The van der Waals surface area contributed by atoms with Gasteiger partial charge in [0.1, 0.15) is 0 Å². The van der Waals surface area contributed by atoms with Crippen LogP contribution >= 0.6 is 0 Å². The van der Waals surface area contributed by atoms with Gasteiger partial charge in [0.25, 0.3) is 0 Å². The first-order chi connectivity index (χ1) is 25.4. The molecule has 5 heteroatoms. The summed E-state index contributed by atoms with van der Waals surface area (Å²) in [7, 11) is 0. The van der Waals surface area contributed by atoms with E-state index in [0.29, 0.717) is 0 Å². The first kappa shape index (κ1) is 35.4. The molecule has 0 spiro atoms. The smallest absolute Gasteiger partial charge is 0.664 e. The van der Waals surface area contributed by atoms with E-state index in [1.54, 1.807) is 0 Å². The van der Waals surface area contributed by atoms with Crippen molar-refractivity contribution in [3.63, 3.8) is 0 Å². The maximum atomic E-state index is 5.56. The number of aryl methyl sites for hydroxylation is 4. The summed E-state index contributed by atoms with van der Waals surface area (Å²) in [6.07, 6.45) is 9.52. The molecule has 8 unspecified atom stereocenters. The van der Waals surface area contributed by atoms with Crippen LogP contribution in [0.3, 0.4) is 0 Å². The SMILES string of the molecule is Cc1ccc(C2c3ccc([n-]3)C(c3ccc(C)cc3)C3C=CC(N3)C(c3ccc(C)cc3)c3ccc([n-]3)C(c3ccc(C)cc3)C3C=CC2N3)cc1.[Cu+2]. The Morgan fingerprint density at radius 2 is 0.528 bits per heavy atom. The summed E-state index contributed by atoms with van der Waals surface area (Å²) in [6.45, 7) is 8.63. The molecule has 0 saturated carbocycles. The number of aromatic nitrogens is 2. The average Bonchev–Trinajstić information content (AvgIpc) is 3.99. The van der Waals surface area contributed by atoms with Crippen molar-refractivity contribution < 1.29 is 17.1 Å². The Hall–Kier alpha value is -4.64. The van der Waals surface area contributed by atoms with E-state index >= 15 is 0 Å². The fourth-order valence-corrected chi connectivity index (χ4v) is 8.80.